The van der Waals surface area contributed by atoms with Crippen molar-refractivity contribution < 1.29 is 34.8 Å². The molecule has 0 aliphatic rings. The van der Waals surface area contributed by atoms with E-state index in [1.54, 1.807) is 0 Å². The van der Waals surface area contributed by atoms with Gasteiger partial charge < -0.3 is 20.4 Å². The first-order valence-corrected chi connectivity index (χ1v) is 5.13. The van der Waals surface area contributed by atoms with Crippen LogP contribution >= 0.6 is 0 Å². The van der Waals surface area contributed by atoms with E-state index in [-0.39, 0.29) is 38.5 Å². The molecule has 17 heavy (non-hydrogen) atoms. The number of carboxylic acids is 3. The Morgan fingerprint density at radius 1 is 0.706 bits per heavy atom. The summed E-state index contributed by atoms with van der Waals surface area (Å²) >= 11 is 0. The van der Waals surface area contributed by atoms with Gasteiger partial charge in [-0.1, -0.05) is 0 Å². The molecule has 0 fully saturated rings. The van der Waals surface area contributed by atoms with Crippen molar-refractivity contribution in [2.75, 3.05) is 0 Å². The van der Waals surface area contributed by atoms with E-state index in [0.717, 1.165) is 0 Å². The largest absolute Gasteiger partial charge is 0.481 e. The van der Waals surface area contributed by atoms with Gasteiger partial charge in [-0.15, -0.1) is 0 Å². The zero-order valence-corrected chi connectivity index (χ0v) is 9.26. The molecule has 0 rings (SSSR count). The maximum atomic E-state index is 10.4. The summed E-state index contributed by atoms with van der Waals surface area (Å²) in [6.07, 6.45) is -1.42. The number of aliphatic hydroxyl groups is 1. The van der Waals surface area contributed by atoms with Gasteiger partial charge in [0.2, 0.25) is 0 Å². The van der Waals surface area contributed by atoms with Crippen LogP contribution in [-0.2, 0) is 14.4 Å². The maximum Gasteiger partial charge on any atom is 0.303 e. The molecule has 0 aliphatic carbocycles. The molecular weight excluding hydrogens is 232 g/mol. The highest BCUT2D eigenvalue weighted by Gasteiger charge is 2.29. The lowest BCUT2D eigenvalue weighted by molar-refractivity contribution is -0.140. The molecule has 0 aromatic heterocycles. The van der Waals surface area contributed by atoms with E-state index in [2.05, 4.69) is 0 Å². The van der Waals surface area contributed by atoms with Crippen LogP contribution < -0.4 is 0 Å². The van der Waals surface area contributed by atoms with Crippen LogP contribution in [0.15, 0.2) is 0 Å². The van der Waals surface area contributed by atoms with Crippen LogP contribution in [0.25, 0.3) is 0 Å². The van der Waals surface area contributed by atoms with Crippen LogP contribution in [-0.4, -0.2) is 43.9 Å². The number of rotatable bonds is 9. The Bertz CT molecular complexity index is 251. The Morgan fingerprint density at radius 3 is 1.12 bits per heavy atom. The normalized spacial score (nSPS) is 11.1. The highest BCUT2D eigenvalue weighted by Crippen LogP contribution is 2.25. The quantitative estimate of drug-likeness (QED) is 0.461. The van der Waals surface area contributed by atoms with Gasteiger partial charge in [-0.2, -0.15) is 0 Å². The van der Waals surface area contributed by atoms with Crippen LogP contribution in [0.1, 0.15) is 38.5 Å². The number of aliphatic carboxylic acids is 3. The minimum atomic E-state index is -1.55. The topological polar surface area (TPSA) is 132 Å². The fraction of sp³-hybridized carbons (Fsp3) is 0.700. The van der Waals surface area contributed by atoms with Gasteiger partial charge in [0, 0.05) is 19.3 Å². The standard InChI is InChI=1S/C10H16O7/c11-7(12)1-4-10(17,5-2-8(13)14)6-3-9(15)16/h17H,1-6H2,(H,11,12)(H,13,14)(H,15,16). The molecule has 7 nitrogen and oxygen atoms in total. The monoisotopic (exact) mass is 248 g/mol. The fourth-order valence-electron chi connectivity index (χ4n) is 1.39. The highest BCUT2D eigenvalue weighted by molar-refractivity contribution is 5.68. The van der Waals surface area contributed by atoms with Crippen molar-refractivity contribution in [2.24, 2.45) is 0 Å². The van der Waals surface area contributed by atoms with Gasteiger partial charge in [0.15, 0.2) is 0 Å². The predicted molar refractivity (Wildman–Crippen MR) is 55.6 cm³/mol. The third-order valence-corrected chi connectivity index (χ3v) is 2.41. The molecule has 0 spiro atoms. The summed E-state index contributed by atoms with van der Waals surface area (Å²) in [7, 11) is 0. The lowest BCUT2D eigenvalue weighted by atomic mass is 9.87. The first-order chi connectivity index (χ1) is 7.75. The zero-order chi connectivity index (χ0) is 13.5. The van der Waals surface area contributed by atoms with Crippen molar-refractivity contribution in [1.82, 2.24) is 0 Å². The van der Waals surface area contributed by atoms with Gasteiger partial charge in [0.25, 0.3) is 0 Å². The lowest BCUT2D eigenvalue weighted by Gasteiger charge is -2.26. The van der Waals surface area contributed by atoms with Crippen LogP contribution in [0, 0.1) is 0 Å². The molecule has 0 heterocycles. The average molecular weight is 248 g/mol. The SMILES string of the molecule is O=C(O)CCC(O)(CCC(=O)O)CCC(=O)O. The molecule has 0 atom stereocenters. The number of carbonyl (C=O) groups is 3. The molecule has 0 aromatic carbocycles. The summed E-state index contributed by atoms with van der Waals surface area (Å²) in [6, 6.07) is 0. The van der Waals surface area contributed by atoms with E-state index in [9.17, 15) is 19.5 Å². The summed E-state index contributed by atoms with van der Waals surface area (Å²) in [5.74, 6) is -3.35. The zero-order valence-electron chi connectivity index (χ0n) is 9.26. The average Bonchev–Trinajstić information content (AvgIpc) is 2.21. The van der Waals surface area contributed by atoms with Gasteiger partial charge in [0.1, 0.15) is 0 Å². The minimum Gasteiger partial charge on any atom is -0.481 e. The molecule has 0 amide bonds. The van der Waals surface area contributed by atoms with E-state index in [0.29, 0.717) is 0 Å². The van der Waals surface area contributed by atoms with Crippen molar-refractivity contribution in [3.63, 3.8) is 0 Å². The van der Waals surface area contributed by atoms with Gasteiger partial charge in [0.05, 0.1) is 5.60 Å². The summed E-state index contributed by atoms with van der Waals surface area (Å²) in [6.45, 7) is 0. The summed E-state index contributed by atoms with van der Waals surface area (Å²) < 4.78 is 0. The molecule has 4 N–H and O–H groups in total. The highest BCUT2D eigenvalue weighted by atomic mass is 16.4. The smallest absolute Gasteiger partial charge is 0.303 e. The van der Waals surface area contributed by atoms with E-state index in [1.165, 1.54) is 0 Å². The van der Waals surface area contributed by atoms with Crippen molar-refractivity contribution >= 4 is 17.9 Å². The first-order valence-electron chi connectivity index (χ1n) is 5.13. The Morgan fingerprint density at radius 2 is 0.941 bits per heavy atom. The summed E-state index contributed by atoms with van der Waals surface area (Å²) in [4.78, 5) is 31.1. The van der Waals surface area contributed by atoms with Crippen molar-refractivity contribution in [1.29, 1.82) is 0 Å². The van der Waals surface area contributed by atoms with E-state index in [4.69, 9.17) is 15.3 Å². The third kappa shape index (κ3) is 8.21. The lowest BCUT2D eigenvalue weighted by Crippen LogP contribution is -2.31. The van der Waals surface area contributed by atoms with Gasteiger partial charge >= 0.3 is 17.9 Å². The van der Waals surface area contributed by atoms with Crippen molar-refractivity contribution in [3.05, 3.63) is 0 Å². The van der Waals surface area contributed by atoms with Gasteiger partial charge in [-0.25, -0.2) is 0 Å². The molecule has 98 valence electrons. The van der Waals surface area contributed by atoms with Crippen molar-refractivity contribution in [3.8, 4) is 0 Å². The van der Waals surface area contributed by atoms with E-state index in [1.807, 2.05) is 0 Å². The van der Waals surface area contributed by atoms with Crippen molar-refractivity contribution in [2.45, 2.75) is 44.1 Å². The summed E-state index contributed by atoms with van der Waals surface area (Å²) in [5, 5.41) is 35.4. The van der Waals surface area contributed by atoms with Crippen LogP contribution in [0.5, 0.6) is 0 Å². The van der Waals surface area contributed by atoms with E-state index >= 15 is 0 Å². The Kier molecular flexibility index (Phi) is 6.19. The van der Waals surface area contributed by atoms with E-state index < -0.39 is 23.5 Å². The second-order valence-electron chi connectivity index (χ2n) is 3.91. The molecule has 0 bridgehead atoms. The number of hydrogen-bond donors (Lipinski definition) is 4. The van der Waals surface area contributed by atoms with Gasteiger partial charge in [-0.05, 0) is 19.3 Å². The van der Waals surface area contributed by atoms with Crippen LogP contribution in [0.2, 0.25) is 0 Å². The molecule has 0 saturated carbocycles. The first kappa shape index (κ1) is 15.4. The summed E-state index contributed by atoms with van der Waals surface area (Å²) in [5.41, 5.74) is -1.55. The third-order valence-electron chi connectivity index (χ3n) is 2.41. The fourth-order valence-corrected chi connectivity index (χ4v) is 1.39. The molecule has 0 saturated heterocycles. The Labute approximate surface area is 97.7 Å². The molecular formula is C10H16O7. The molecule has 7 heteroatoms. The minimum absolute atomic E-state index is 0.150. The number of hydrogen-bond acceptors (Lipinski definition) is 4. The second-order valence-corrected chi connectivity index (χ2v) is 3.91. The molecule has 0 aromatic rings. The van der Waals surface area contributed by atoms with Crippen LogP contribution in [0.3, 0.4) is 0 Å². The predicted octanol–water partition coefficient (Wildman–Crippen LogP) is 0.312. The molecule has 0 radical (unpaired) electrons. The number of carboxylic acid groups (broad SMARTS) is 3. The molecule has 0 aliphatic heterocycles. The Hall–Kier alpha value is -1.63. The molecule has 0 unspecified atom stereocenters. The maximum absolute atomic E-state index is 10.4. The second kappa shape index (κ2) is 6.85. The van der Waals surface area contributed by atoms with Gasteiger partial charge in [-0.3, -0.25) is 14.4 Å². The van der Waals surface area contributed by atoms with Crippen LogP contribution in [0.4, 0.5) is 0 Å². The Balaban J connectivity index is 4.37.